The van der Waals surface area contributed by atoms with E-state index in [1.165, 1.54) is 12.1 Å². The van der Waals surface area contributed by atoms with Crippen LogP contribution in [0.4, 0.5) is 14.5 Å². The number of H-pyrrole nitrogens is 1. The number of nitrogens with one attached hydrogen (secondary N) is 2. The van der Waals surface area contributed by atoms with Gasteiger partial charge in [-0.2, -0.15) is 5.10 Å². The Bertz CT molecular complexity index is 1570. The number of aromatic amines is 1. The normalized spacial score (nSPS) is 20.3. The Kier molecular flexibility index (Phi) is 5.38. The van der Waals surface area contributed by atoms with Crippen molar-refractivity contribution in [2.45, 2.75) is 24.3 Å². The fraction of sp³-hybridized carbons (Fsp3) is 0.241. The predicted octanol–water partition coefficient (Wildman–Crippen LogP) is 5.46. The molecule has 0 radical (unpaired) electrons. The molecule has 1 spiro atoms. The number of benzene rings is 3. The Balaban J connectivity index is 1.26. The van der Waals surface area contributed by atoms with Gasteiger partial charge in [0.05, 0.1) is 23.7 Å². The SMILES string of the molecule is COc1ccc2c(c1)C1(CC1c1ccc3c(/C=C/c4cc(F)c(CN(C)C)c(F)c4)n[nH]c3c1)C(=O)N2. The Morgan fingerprint density at radius 2 is 1.89 bits per heavy atom. The summed E-state index contributed by atoms with van der Waals surface area (Å²) in [4.78, 5) is 14.7. The van der Waals surface area contributed by atoms with Gasteiger partial charge in [-0.25, -0.2) is 8.78 Å². The summed E-state index contributed by atoms with van der Waals surface area (Å²) in [6, 6.07) is 14.4. The van der Waals surface area contributed by atoms with E-state index in [-0.39, 0.29) is 23.9 Å². The van der Waals surface area contributed by atoms with E-state index in [1.807, 2.05) is 36.4 Å². The van der Waals surface area contributed by atoms with E-state index in [2.05, 4.69) is 15.5 Å². The Hall–Kier alpha value is -4.04. The van der Waals surface area contributed by atoms with E-state index in [9.17, 15) is 13.6 Å². The predicted molar refractivity (Wildman–Crippen MR) is 139 cm³/mol. The summed E-state index contributed by atoms with van der Waals surface area (Å²) in [5, 5.41) is 11.3. The van der Waals surface area contributed by atoms with Crippen LogP contribution in [-0.2, 0) is 16.8 Å². The van der Waals surface area contributed by atoms with Gasteiger partial charge >= 0.3 is 0 Å². The van der Waals surface area contributed by atoms with Crippen LogP contribution in [0.1, 0.15) is 40.3 Å². The molecule has 8 heteroatoms. The van der Waals surface area contributed by atoms with Gasteiger partial charge in [-0.1, -0.05) is 18.2 Å². The topological polar surface area (TPSA) is 70.2 Å². The highest BCUT2D eigenvalue weighted by molar-refractivity contribution is 6.10. The highest BCUT2D eigenvalue weighted by Gasteiger charge is 2.65. The molecule has 1 saturated carbocycles. The molecule has 37 heavy (non-hydrogen) atoms. The van der Waals surface area contributed by atoms with E-state index in [0.717, 1.165) is 39.9 Å². The van der Waals surface area contributed by atoms with Crippen molar-refractivity contribution in [3.8, 4) is 5.75 Å². The zero-order chi connectivity index (χ0) is 25.9. The third-order valence-electron chi connectivity index (χ3n) is 7.41. The van der Waals surface area contributed by atoms with Crippen LogP contribution >= 0.6 is 0 Å². The van der Waals surface area contributed by atoms with Crippen molar-refractivity contribution in [1.29, 1.82) is 0 Å². The molecule has 188 valence electrons. The standard InChI is InChI=1S/C29H26F2N4O2/c1-35(2)15-20-23(30)10-16(11-24(20)31)4-8-25-19-7-5-17(12-27(19)34-33-25)22-14-29(22)21-13-18(37-3)6-9-26(21)32-28(29)36/h4-13,22H,14-15H2,1-3H3,(H,32,36)(H,33,34)/b8-4+. The van der Waals surface area contributed by atoms with Crippen LogP contribution in [0.3, 0.4) is 0 Å². The van der Waals surface area contributed by atoms with Crippen LogP contribution in [0, 0.1) is 11.6 Å². The summed E-state index contributed by atoms with van der Waals surface area (Å²) in [5.41, 5.74) is 4.27. The van der Waals surface area contributed by atoms with Crippen molar-refractivity contribution < 1.29 is 18.3 Å². The number of anilines is 1. The average molecular weight is 501 g/mol. The second-order valence-corrected chi connectivity index (χ2v) is 10.0. The Morgan fingerprint density at radius 1 is 1.11 bits per heavy atom. The Morgan fingerprint density at radius 3 is 2.62 bits per heavy atom. The molecule has 1 fully saturated rings. The number of amides is 1. The number of ether oxygens (including phenoxy) is 1. The number of carbonyl (C=O) groups excluding carboxylic acids is 1. The quantitative estimate of drug-likeness (QED) is 0.369. The van der Waals surface area contributed by atoms with E-state index in [0.29, 0.717) is 11.3 Å². The van der Waals surface area contributed by atoms with Crippen LogP contribution in [-0.4, -0.2) is 42.2 Å². The maximum atomic E-state index is 14.4. The summed E-state index contributed by atoms with van der Waals surface area (Å²) >= 11 is 0. The summed E-state index contributed by atoms with van der Waals surface area (Å²) in [7, 11) is 5.15. The fourth-order valence-corrected chi connectivity index (χ4v) is 5.46. The molecule has 2 unspecified atom stereocenters. The molecular formula is C29H26F2N4O2. The molecule has 4 aromatic rings. The average Bonchev–Trinajstić information content (AvgIpc) is 3.41. The minimum atomic E-state index is -0.576. The second-order valence-electron chi connectivity index (χ2n) is 10.0. The number of rotatable bonds is 6. The first-order valence-electron chi connectivity index (χ1n) is 12.1. The monoisotopic (exact) mass is 500 g/mol. The fourth-order valence-electron chi connectivity index (χ4n) is 5.46. The number of halogens is 2. The van der Waals surface area contributed by atoms with Crippen molar-refractivity contribution in [3.05, 3.63) is 88.1 Å². The molecule has 2 atom stereocenters. The molecule has 0 bridgehead atoms. The van der Waals surface area contributed by atoms with Crippen LogP contribution in [0.15, 0.2) is 48.5 Å². The first-order chi connectivity index (χ1) is 17.8. The van der Waals surface area contributed by atoms with Gasteiger partial charge in [0.25, 0.3) is 0 Å². The lowest BCUT2D eigenvalue weighted by molar-refractivity contribution is -0.118. The van der Waals surface area contributed by atoms with Gasteiger partial charge in [0.1, 0.15) is 17.4 Å². The number of hydrogen-bond donors (Lipinski definition) is 2. The lowest BCUT2D eigenvalue weighted by Crippen LogP contribution is -2.21. The molecule has 6 nitrogen and oxygen atoms in total. The van der Waals surface area contributed by atoms with Crippen molar-refractivity contribution in [1.82, 2.24) is 15.1 Å². The number of fused-ring (bicyclic) bond motifs is 3. The van der Waals surface area contributed by atoms with Crippen LogP contribution < -0.4 is 10.1 Å². The zero-order valence-corrected chi connectivity index (χ0v) is 20.7. The van der Waals surface area contributed by atoms with Gasteiger partial charge < -0.3 is 15.0 Å². The smallest absolute Gasteiger partial charge is 0.235 e. The number of carbonyl (C=O) groups is 1. The summed E-state index contributed by atoms with van der Waals surface area (Å²) in [5.74, 6) is -0.339. The molecule has 3 aromatic carbocycles. The molecule has 6 rings (SSSR count). The van der Waals surface area contributed by atoms with Gasteiger partial charge in [-0.05, 0) is 79.7 Å². The van der Waals surface area contributed by atoms with Crippen molar-refractivity contribution in [2.24, 2.45) is 0 Å². The van der Waals surface area contributed by atoms with E-state index in [4.69, 9.17) is 4.74 Å². The number of methoxy groups -OCH3 is 1. The first-order valence-corrected chi connectivity index (χ1v) is 12.1. The second kappa shape index (κ2) is 8.52. The van der Waals surface area contributed by atoms with Gasteiger partial charge in [-0.3, -0.25) is 9.89 Å². The van der Waals surface area contributed by atoms with Crippen molar-refractivity contribution in [2.75, 3.05) is 26.5 Å². The van der Waals surface area contributed by atoms with Crippen molar-refractivity contribution >= 4 is 34.6 Å². The third-order valence-corrected chi connectivity index (χ3v) is 7.41. The molecule has 2 aliphatic rings. The highest BCUT2D eigenvalue weighted by Crippen LogP contribution is 2.65. The summed E-state index contributed by atoms with van der Waals surface area (Å²) in [6.45, 7) is 0.192. The van der Waals surface area contributed by atoms with Crippen molar-refractivity contribution in [3.63, 3.8) is 0 Å². The molecule has 1 aliphatic heterocycles. The summed E-state index contributed by atoms with van der Waals surface area (Å²) in [6.07, 6.45) is 4.12. The summed E-state index contributed by atoms with van der Waals surface area (Å²) < 4.78 is 34.3. The highest BCUT2D eigenvalue weighted by atomic mass is 19.1. The molecule has 1 aliphatic carbocycles. The van der Waals surface area contributed by atoms with E-state index < -0.39 is 17.0 Å². The minimum Gasteiger partial charge on any atom is -0.497 e. The first kappa shape index (κ1) is 23.4. The minimum absolute atomic E-state index is 0.0187. The lowest BCUT2D eigenvalue weighted by Gasteiger charge is -2.12. The lowest BCUT2D eigenvalue weighted by atomic mass is 9.91. The van der Waals surface area contributed by atoms with Gasteiger partial charge in [0.15, 0.2) is 0 Å². The maximum Gasteiger partial charge on any atom is 0.235 e. The molecule has 2 N–H and O–H groups in total. The number of hydrogen-bond acceptors (Lipinski definition) is 4. The van der Waals surface area contributed by atoms with Crippen LogP contribution in [0.2, 0.25) is 0 Å². The molecule has 1 aromatic heterocycles. The van der Waals surface area contributed by atoms with Gasteiger partial charge in [0.2, 0.25) is 5.91 Å². The Labute approximate surface area is 212 Å². The van der Waals surface area contributed by atoms with Gasteiger partial charge in [-0.15, -0.1) is 0 Å². The number of aromatic nitrogens is 2. The molecule has 1 amide bonds. The number of nitrogens with zero attached hydrogens (tertiary/aromatic N) is 2. The third kappa shape index (κ3) is 3.79. The largest absolute Gasteiger partial charge is 0.497 e. The van der Waals surface area contributed by atoms with E-state index in [1.54, 1.807) is 38.3 Å². The maximum absolute atomic E-state index is 14.4. The van der Waals surface area contributed by atoms with Crippen LogP contribution in [0.25, 0.3) is 23.1 Å². The molecular weight excluding hydrogens is 474 g/mol. The van der Waals surface area contributed by atoms with E-state index >= 15 is 0 Å². The van der Waals surface area contributed by atoms with Gasteiger partial charge in [0, 0.05) is 29.1 Å². The molecule has 0 saturated heterocycles. The molecule has 2 heterocycles. The van der Waals surface area contributed by atoms with Crippen LogP contribution in [0.5, 0.6) is 5.75 Å². The zero-order valence-electron chi connectivity index (χ0n) is 20.7.